The van der Waals surface area contributed by atoms with Crippen molar-refractivity contribution < 1.29 is 14.2 Å². The number of hydrogen-bond donors (Lipinski definition) is 1. The molecule has 1 N–H and O–H groups in total. The SMILES string of the molecule is Cc1cnc(COc2cc(C)n(C3=CC(c4ccnc(C(C)(C)O)n4)=NC[C@H]3C)c(=O)c2Br)c(F)c1. The number of halogens is 2. The first-order valence-electron chi connectivity index (χ1n) is 11.4. The number of pyridine rings is 2. The third-order valence-electron chi connectivity index (χ3n) is 5.77. The molecule has 36 heavy (non-hydrogen) atoms. The zero-order valence-corrected chi connectivity index (χ0v) is 22.3. The van der Waals surface area contributed by atoms with Crippen LogP contribution in [0.3, 0.4) is 0 Å². The van der Waals surface area contributed by atoms with Gasteiger partial charge in [-0.15, -0.1) is 0 Å². The van der Waals surface area contributed by atoms with Gasteiger partial charge < -0.3 is 9.84 Å². The average molecular weight is 556 g/mol. The summed E-state index contributed by atoms with van der Waals surface area (Å²) in [7, 11) is 0. The highest BCUT2D eigenvalue weighted by Crippen LogP contribution is 2.29. The van der Waals surface area contributed by atoms with Gasteiger partial charge in [0.1, 0.15) is 33.9 Å². The van der Waals surface area contributed by atoms with Crippen LogP contribution in [0, 0.1) is 25.6 Å². The second kappa shape index (κ2) is 10.0. The number of dihydropyridines is 1. The fraction of sp³-hybridized carbons (Fsp3) is 0.346. The fourth-order valence-corrected chi connectivity index (χ4v) is 4.22. The summed E-state index contributed by atoms with van der Waals surface area (Å²) in [6.07, 6.45) is 4.98. The number of rotatable bonds is 6. The lowest BCUT2D eigenvalue weighted by atomic mass is 10.0. The van der Waals surface area contributed by atoms with Crippen LogP contribution < -0.4 is 10.3 Å². The normalized spacial score (nSPS) is 15.9. The number of nitrogens with zero attached hydrogens (tertiary/aromatic N) is 5. The molecule has 0 radical (unpaired) electrons. The van der Waals surface area contributed by atoms with Crippen LogP contribution in [-0.4, -0.2) is 36.9 Å². The summed E-state index contributed by atoms with van der Waals surface area (Å²) in [5.41, 5.74) is 1.93. The van der Waals surface area contributed by atoms with Crippen molar-refractivity contribution in [3.05, 3.63) is 85.8 Å². The Bertz CT molecular complexity index is 1440. The Kier molecular flexibility index (Phi) is 7.19. The monoisotopic (exact) mass is 555 g/mol. The molecule has 0 saturated heterocycles. The van der Waals surface area contributed by atoms with Crippen LogP contribution in [-0.2, 0) is 12.2 Å². The van der Waals surface area contributed by atoms with Gasteiger partial charge in [-0.2, -0.15) is 0 Å². The molecule has 0 fully saturated rings. The molecule has 0 unspecified atom stereocenters. The minimum absolute atomic E-state index is 0.0368. The summed E-state index contributed by atoms with van der Waals surface area (Å²) in [6, 6.07) is 4.84. The Morgan fingerprint density at radius 1 is 1.28 bits per heavy atom. The Morgan fingerprint density at radius 3 is 2.72 bits per heavy atom. The number of ether oxygens (including phenoxy) is 1. The number of aromatic nitrogens is 4. The maximum Gasteiger partial charge on any atom is 0.273 e. The van der Waals surface area contributed by atoms with Gasteiger partial charge in [0.05, 0.1) is 11.4 Å². The molecule has 4 heterocycles. The smallest absolute Gasteiger partial charge is 0.273 e. The van der Waals surface area contributed by atoms with E-state index >= 15 is 0 Å². The number of aliphatic imine (C=N–C) groups is 1. The fourth-order valence-electron chi connectivity index (χ4n) is 3.81. The molecule has 0 bridgehead atoms. The van der Waals surface area contributed by atoms with E-state index in [1.165, 1.54) is 6.07 Å². The van der Waals surface area contributed by atoms with Crippen LogP contribution in [0.2, 0.25) is 0 Å². The second-order valence-electron chi connectivity index (χ2n) is 9.36. The molecule has 0 aromatic carbocycles. The molecule has 3 aromatic heterocycles. The van der Waals surface area contributed by atoms with Gasteiger partial charge in [-0.3, -0.25) is 19.3 Å². The maximum absolute atomic E-state index is 14.2. The summed E-state index contributed by atoms with van der Waals surface area (Å²) < 4.78 is 21.8. The standard InChI is InChI=1S/C26H27BrFN5O3/c1-14-8-17(28)20(30-11-14)13-36-22-9-16(3)33(24(34)23(22)27)21-10-19(31-12-15(21)2)18-6-7-29-25(32-18)26(4,5)35/h6-11,15,35H,12-13H2,1-5H3/t15-/m1/s1. The summed E-state index contributed by atoms with van der Waals surface area (Å²) >= 11 is 3.37. The van der Waals surface area contributed by atoms with Crippen LogP contribution in [0.25, 0.3) is 5.70 Å². The average Bonchev–Trinajstić information content (AvgIpc) is 2.82. The molecule has 0 spiro atoms. The van der Waals surface area contributed by atoms with Crippen molar-refractivity contribution in [2.75, 3.05) is 6.54 Å². The van der Waals surface area contributed by atoms with Crippen molar-refractivity contribution in [1.29, 1.82) is 0 Å². The molecule has 1 aliphatic heterocycles. The van der Waals surface area contributed by atoms with Crippen molar-refractivity contribution in [3.63, 3.8) is 0 Å². The first kappa shape index (κ1) is 25.8. The molecular formula is C26H27BrFN5O3. The van der Waals surface area contributed by atoms with Crippen molar-refractivity contribution in [3.8, 4) is 5.75 Å². The predicted molar refractivity (Wildman–Crippen MR) is 139 cm³/mol. The van der Waals surface area contributed by atoms with Gasteiger partial charge in [0, 0.05) is 42.3 Å². The Hall–Kier alpha value is -3.24. The van der Waals surface area contributed by atoms with Gasteiger partial charge in [-0.05, 0) is 67.4 Å². The van der Waals surface area contributed by atoms with Crippen LogP contribution in [0.15, 0.2) is 50.9 Å². The van der Waals surface area contributed by atoms with E-state index < -0.39 is 11.4 Å². The summed E-state index contributed by atoms with van der Waals surface area (Å²) in [6.45, 7) is 9.14. The van der Waals surface area contributed by atoms with E-state index in [0.717, 1.165) is 5.70 Å². The van der Waals surface area contributed by atoms with E-state index in [1.54, 1.807) is 49.9 Å². The van der Waals surface area contributed by atoms with Gasteiger partial charge in [-0.1, -0.05) is 6.92 Å². The molecule has 0 amide bonds. The van der Waals surface area contributed by atoms with Gasteiger partial charge >= 0.3 is 0 Å². The minimum Gasteiger partial charge on any atom is -0.486 e. The van der Waals surface area contributed by atoms with Crippen molar-refractivity contribution in [2.45, 2.75) is 46.8 Å². The Labute approximate surface area is 216 Å². The molecule has 1 atom stereocenters. The van der Waals surface area contributed by atoms with E-state index in [9.17, 15) is 14.3 Å². The largest absolute Gasteiger partial charge is 0.486 e. The van der Waals surface area contributed by atoms with E-state index in [-0.39, 0.29) is 34.1 Å². The van der Waals surface area contributed by atoms with Crippen LogP contribution in [0.1, 0.15) is 49.2 Å². The van der Waals surface area contributed by atoms with Crippen LogP contribution >= 0.6 is 15.9 Å². The van der Waals surface area contributed by atoms with Gasteiger partial charge in [0.2, 0.25) is 0 Å². The molecule has 3 aromatic rings. The van der Waals surface area contributed by atoms with Crippen LogP contribution in [0.4, 0.5) is 4.39 Å². The molecule has 0 aliphatic carbocycles. The van der Waals surface area contributed by atoms with Gasteiger partial charge in [0.25, 0.3) is 5.56 Å². The van der Waals surface area contributed by atoms with E-state index in [0.29, 0.717) is 35.0 Å². The van der Waals surface area contributed by atoms with Gasteiger partial charge in [-0.25, -0.2) is 14.4 Å². The molecule has 4 rings (SSSR count). The van der Waals surface area contributed by atoms with Gasteiger partial charge in [0.15, 0.2) is 5.82 Å². The number of aliphatic hydroxyl groups is 1. The van der Waals surface area contributed by atoms with Crippen molar-refractivity contribution >= 4 is 27.3 Å². The van der Waals surface area contributed by atoms with E-state index in [1.807, 2.05) is 19.9 Å². The topological polar surface area (TPSA) is 102 Å². The number of hydrogen-bond acceptors (Lipinski definition) is 7. The first-order valence-corrected chi connectivity index (χ1v) is 12.2. The van der Waals surface area contributed by atoms with Crippen LogP contribution in [0.5, 0.6) is 5.75 Å². The van der Waals surface area contributed by atoms with E-state index in [4.69, 9.17) is 4.74 Å². The lowest BCUT2D eigenvalue weighted by Crippen LogP contribution is -2.29. The third kappa shape index (κ3) is 5.29. The molecule has 8 nitrogen and oxygen atoms in total. The molecule has 10 heteroatoms. The molecular weight excluding hydrogens is 529 g/mol. The summed E-state index contributed by atoms with van der Waals surface area (Å²) in [4.78, 5) is 30.8. The lowest BCUT2D eigenvalue weighted by Gasteiger charge is -2.24. The highest BCUT2D eigenvalue weighted by molar-refractivity contribution is 9.10. The number of aryl methyl sites for hydroxylation is 2. The second-order valence-corrected chi connectivity index (χ2v) is 10.1. The predicted octanol–water partition coefficient (Wildman–Crippen LogP) is 4.34. The summed E-state index contributed by atoms with van der Waals surface area (Å²) in [5.74, 6) is 0.0967. The zero-order chi connectivity index (χ0) is 26.2. The lowest BCUT2D eigenvalue weighted by molar-refractivity contribution is 0.0686. The quantitative estimate of drug-likeness (QED) is 0.485. The molecule has 188 valence electrons. The number of allylic oxidation sites excluding steroid dienone is 1. The molecule has 1 aliphatic rings. The van der Waals surface area contributed by atoms with Crippen molar-refractivity contribution in [1.82, 2.24) is 19.5 Å². The third-order valence-corrected chi connectivity index (χ3v) is 6.50. The van der Waals surface area contributed by atoms with Crippen molar-refractivity contribution in [2.24, 2.45) is 10.9 Å². The zero-order valence-electron chi connectivity index (χ0n) is 20.7. The molecule has 0 saturated carbocycles. The Balaban J connectivity index is 1.68. The highest BCUT2D eigenvalue weighted by Gasteiger charge is 2.25. The highest BCUT2D eigenvalue weighted by atomic mass is 79.9. The Morgan fingerprint density at radius 2 is 2.03 bits per heavy atom. The van der Waals surface area contributed by atoms with E-state index in [2.05, 4.69) is 35.9 Å². The minimum atomic E-state index is -1.20. The maximum atomic E-state index is 14.2. The summed E-state index contributed by atoms with van der Waals surface area (Å²) in [5, 5.41) is 10.3. The first-order chi connectivity index (χ1) is 17.0.